The quantitative estimate of drug-likeness (QED) is 0.276. The van der Waals surface area contributed by atoms with Crippen LogP contribution in [0.5, 0.6) is 0 Å². The van der Waals surface area contributed by atoms with Crippen molar-refractivity contribution < 1.29 is 24.6 Å². The molecule has 1 aromatic carbocycles. The molecule has 8 N–H and O–H groups in total. The second-order valence-corrected chi connectivity index (χ2v) is 6.93. The molecule has 168 valence electrons. The van der Waals surface area contributed by atoms with Crippen LogP contribution in [0.25, 0.3) is 0 Å². The number of carboxylic acids is 2. The van der Waals surface area contributed by atoms with Gasteiger partial charge in [-0.3, -0.25) is 19.4 Å². The lowest BCUT2D eigenvalue weighted by Gasteiger charge is -2.21. The van der Waals surface area contributed by atoms with Gasteiger partial charge in [-0.15, -0.1) is 0 Å². The summed E-state index contributed by atoms with van der Waals surface area (Å²) >= 11 is 0. The van der Waals surface area contributed by atoms with E-state index in [1.807, 2.05) is 0 Å². The molecular formula is C19H21N7O6. The number of fused-ring (bicyclic) bond motifs is 1. The number of nitrogens with zero attached hydrogens (tertiary/aromatic N) is 2. The summed E-state index contributed by atoms with van der Waals surface area (Å²) in [5, 5.41) is 26.3. The minimum atomic E-state index is -1.31. The number of hydrogen-bond acceptors (Lipinski definition) is 9. The summed E-state index contributed by atoms with van der Waals surface area (Å²) < 4.78 is 0. The van der Waals surface area contributed by atoms with Crippen LogP contribution >= 0.6 is 0 Å². The molecule has 0 unspecified atom stereocenters. The molecule has 13 nitrogen and oxygen atoms in total. The Hall–Kier alpha value is -4.42. The Morgan fingerprint density at radius 3 is 2.56 bits per heavy atom. The van der Waals surface area contributed by atoms with Crippen LogP contribution in [-0.2, 0) is 9.59 Å². The van der Waals surface area contributed by atoms with Crippen molar-refractivity contribution in [1.82, 2.24) is 15.3 Å². The Morgan fingerprint density at radius 2 is 1.91 bits per heavy atom. The molecule has 0 spiro atoms. The van der Waals surface area contributed by atoms with Crippen LogP contribution in [0, 0.1) is 0 Å². The van der Waals surface area contributed by atoms with E-state index in [2.05, 4.69) is 30.9 Å². The second kappa shape index (κ2) is 9.59. The summed E-state index contributed by atoms with van der Waals surface area (Å²) in [6.45, 7) is 0.370. The van der Waals surface area contributed by atoms with Crippen molar-refractivity contribution in [3.8, 4) is 0 Å². The van der Waals surface area contributed by atoms with Gasteiger partial charge in [0.1, 0.15) is 11.7 Å². The SMILES string of the molecule is Nc1nc2c(c(=O)[nH]1)N[C@@H](CNc1ccc(C(=O)N[C@@H](CCC(=O)O)C(=O)O)cc1)C=N2. The molecule has 0 saturated carbocycles. The number of nitrogens with two attached hydrogens (primary N) is 1. The highest BCUT2D eigenvalue weighted by molar-refractivity contribution is 5.97. The molecule has 0 radical (unpaired) electrons. The summed E-state index contributed by atoms with van der Waals surface area (Å²) in [5.41, 5.74) is 6.18. The number of H-pyrrole nitrogens is 1. The van der Waals surface area contributed by atoms with Crippen LogP contribution < -0.4 is 27.2 Å². The summed E-state index contributed by atoms with van der Waals surface area (Å²) in [7, 11) is 0. The lowest BCUT2D eigenvalue weighted by Crippen LogP contribution is -2.41. The molecule has 1 aromatic heterocycles. The number of nitrogens with one attached hydrogen (secondary N) is 4. The number of aliphatic carboxylic acids is 2. The third-order valence-electron chi connectivity index (χ3n) is 4.55. The van der Waals surface area contributed by atoms with E-state index >= 15 is 0 Å². The first-order valence-corrected chi connectivity index (χ1v) is 9.53. The van der Waals surface area contributed by atoms with E-state index in [-0.39, 0.29) is 41.9 Å². The number of carboxylic acid groups (broad SMARTS) is 2. The van der Waals surface area contributed by atoms with Crippen molar-refractivity contribution >= 4 is 47.2 Å². The zero-order valence-electron chi connectivity index (χ0n) is 16.7. The molecule has 2 heterocycles. The molecule has 2 aromatic rings. The largest absolute Gasteiger partial charge is 0.481 e. The number of anilines is 3. The summed E-state index contributed by atoms with van der Waals surface area (Å²) in [6.07, 6.45) is 0.991. The van der Waals surface area contributed by atoms with Crippen molar-refractivity contribution in [2.75, 3.05) is 22.9 Å². The van der Waals surface area contributed by atoms with Gasteiger partial charge in [0.25, 0.3) is 11.5 Å². The van der Waals surface area contributed by atoms with E-state index in [4.69, 9.17) is 15.9 Å². The molecule has 1 aliphatic rings. The third-order valence-corrected chi connectivity index (χ3v) is 4.55. The highest BCUT2D eigenvalue weighted by atomic mass is 16.4. The van der Waals surface area contributed by atoms with E-state index in [0.717, 1.165) is 0 Å². The second-order valence-electron chi connectivity index (χ2n) is 6.93. The molecule has 32 heavy (non-hydrogen) atoms. The number of carbonyl (C=O) groups excluding carboxylic acids is 1. The van der Waals surface area contributed by atoms with Gasteiger partial charge in [0.05, 0.1) is 6.04 Å². The van der Waals surface area contributed by atoms with Crippen molar-refractivity contribution in [2.45, 2.75) is 24.9 Å². The maximum atomic E-state index is 12.3. The molecule has 3 rings (SSSR count). The number of aromatic nitrogens is 2. The zero-order valence-corrected chi connectivity index (χ0v) is 16.7. The average Bonchev–Trinajstić information content (AvgIpc) is 2.75. The predicted molar refractivity (Wildman–Crippen MR) is 116 cm³/mol. The molecule has 0 aliphatic carbocycles. The number of amides is 1. The number of aliphatic imine (C=N–C) groups is 1. The van der Waals surface area contributed by atoms with Crippen LogP contribution in [-0.4, -0.2) is 62.9 Å². The van der Waals surface area contributed by atoms with Gasteiger partial charge in [-0.1, -0.05) is 0 Å². The first-order valence-electron chi connectivity index (χ1n) is 9.53. The zero-order chi connectivity index (χ0) is 23.3. The van der Waals surface area contributed by atoms with Crippen LogP contribution in [0.2, 0.25) is 0 Å². The first-order chi connectivity index (χ1) is 15.2. The van der Waals surface area contributed by atoms with Gasteiger partial charge < -0.3 is 31.9 Å². The van der Waals surface area contributed by atoms with Crippen molar-refractivity contribution in [3.63, 3.8) is 0 Å². The highest BCUT2D eigenvalue weighted by Crippen LogP contribution is 2.22. The highest BCUT2D eigenvalue weighted by Gasteiger charge is 2.22. The smallest absolute Gasteiger partial charge is 0.326 e. The fraction of sp³-hybridized carbons (Fsp3) is 0.263. The molecule has 0 fully saturated rings. The number of aromatic amines is 1. The Kier molecular flexibility index (Phi) is 6.68. The molecule has 2 atom stereocenters. The fourth-order valence-electron chi connectivity index (χ4n) is 2.92. The average molecular weight is 443 g/mol. The van der Waals surface area contributed by atoms with E-state index in [9.17, 15) is 19.2 Å². The summed E-state index contributed by atoms with van der Waals surface area (Å²) in [5.74, 6) is -2.89. The minimum Gasteiger partial charge on any atom is -0.481 e. The van der Waals surface area contributed by atoms with E-state index in [0.29, 0.717) is 12.2 Å². The number of carbonyl (C=O) groups is 3. The maximum absolute atomic E-state index is 12.3. The number of nitrogen functional groups attached to an aromatic ring is 1. The standard InChI is InChI=1S/C19H21N7O6/c20-19-25-15-14(17(30)26-19)23-11(8-22-15)7-21-10-3-1-9(2-4-10)16(29)24-12(18(31)32)5-6-13(27)28/h1-4,8,11-12,21,23H,5-7H2,(H,24,29)(H,27,28)(H,31,32)(H3,20,25,26,30)/t11-,12-/m0/s1. The summed E-state index contributed by atoms with van der Waals surface area (Å²) in [4.78, 5) is 56.6. The van der Waals surface area contributed by atoms with Gasteiger partial charge in [-0.05, 0) is 30.7 Å². The van der Waals surface area contributed by atoms with E-state index in [1.165, 1.54) is 12.1 Å². The lowest BCUT2D eigenvalue weighted by atomic mass is 10.1. The minimum absolute atomic E-state index is 0.0232. The number of hydrogen-bond donors (Lipinski definition) is 7. The Balaban J connectivity index is 1.56. The lowest BCUT2D eigenvalue weighted by molar-refractivity contribution is -0.140. The Labute approximate surface area is 180 Å². The molecule has 0 saturated heterocycles. The maximum Gasteiger partial charge on any atom is 0.326 e. The van der Waals surface area contributed by atoms with Crippen molar-refractivity contribution in [2.24, 2.45) is 4.99 Å². The predicted octanol–water partition coefficient (Wildman–Crippen LogP) is 0.00840. The summed E-state index contributed by atoms with van der Waals surface area (Å²) in [6, 6.07) is 4.66. The normalized spacial score (nSPS) is 15.2. The molecule has 0 bridgehead atoms. The van der Waals surface area contributed by atoms with Crippen LogP contribution in [0.1, 0.15) is 23.2 Å². The van der Waals surface area contributed by atoms with Crippen LogP contribution in [0.15, 0.2) is 34.1 Å². The van der Waals surface area contributed by atoms with Crippen LogP contribution in [0.3, 0.4) is 0 Å². The Morgan fingerprint density at radius 1 is 1.19 bits per heavy atom. The van der Waals surface area contributed by atoms with Gasteiger partial charge in [0.15, 0.2) is 5.82 Å². The van der Waals surface area contributed by atoms with Gasteiger partial charge in [-0.2, -0.15) is 4.98 Å². The monoisotopic (exact) mass is 443 g/mol. The number of benzene rings is 1. The molecular weight excluding hydrogens is 422 g/mol. The fourth-order valence-corrected chi connectivity index (χ4v) is 2.92. The number of rotatable bonds is 9. The van der Waals surface area contributed by atoms with Gasteiger partial charge >= 0.3 is 11.9 Å². The molecule has 1 amide bonds. The van der Waals surface area contributed by atoms with Gasteiger partial charge in [0.2, 0.25) is 5.95 Å². The van der Waals surface area contributed by atoms with E-state index < -0.39 is 29.4 Å². The Bertz CT molecular complexity index is 1110. The van der Waals surface area contributed by atoms with Gasteiger partial charge in [0, 0.05) is 30.4 Å². The van der Waals surface area contributed by atoms with E-state index in [1.54, 1.807) is 18.3 Å². The van der Waals surface area contributed by atoms with Crippen molar-refractivity contribution in [1.29, 1.82) is 0 Å². The topological polar surface area (TPSA) is 212 Å². The van der Waals surface area contributed by atoms with Crippen LogP contribution in [0.4, 0.5) is 23.1 Å². The van der Waals surface area contributed by atoms with Crippen molar-refractivity contribution in [3.05, 3.63) is 40.2 Å². The van der Waals surface area contributed by atoms with Gasteiger partial charge in [-0.25, -0.2) is 9.79 Å². The molecule has 1 aliphatic heterocycles. The molecule has 13 heteroatoms. The third kappa shape index (κ3) is 5.59. The first kappa shape index (κ1) is 22.3.